The van der Waals surface area contributed by atoms with E-state index < -0.39 is 11.7 Å². The fourth-order valence-electron chi connectivity index (χ4n) is 3.22. The molecule has 144 valence electrons. The van der Waals surface area contributed by atoms with Crippen LogP contribution in [0.15, 0.2) is 36.4 Å². The molecular weight excluding hydrogens is 419 g/mol. The van der Waals surface area contributed by atoms with Gasteiger partial charge in [-0.2, -0.15) is 0 Å². The van der Waals surface area contributed by atoms with Gasteiger partial charge in [-0.05, 0) is 49.6 Å². The number of ketones is 1. The van der Waals surface area contributed by atoms with Gasteiger partial charge in [0.2, 0.25) is 0 Å². The van der Waals surface area contributed by atoms with Gasteiger partial charge in [-0.3, -0.25) is 9.59 Å². The Balaban J connectivity index is 1.81. The van der Waals surface area contributed by atoms with Crippen molar-refractivity contribution in [2.45, 2.75) is 32.4 Å². The number of aryl methyl sites for hydroxylation is 1. The quantitative estimate of drug-likeness (QED) is 0.430. The minimum atomic E-state index is -0.617. The lowest BCUT2D eigenvalue weighted by Gasteiger charge is -2.10. The van der Waals surface area contributed by atoms with Gasteiger partial charge < -0.3 is 9.88 Å². The van der Waals surface area contributed by atoms with Gasteiger partial charge in [0.25, 0.3) is 11.7 Å². The van der Waals surface area contributed by atoms with Gasteiger partial charge in [-0.1, -0.05) is 52.5 Å². The summed E-state index contributed by atoms with van der Waals surface area (Å²) in [6, 6.07) is 11.0. The standard InChI is InChI=1S/C21H17Cl3N2O2/c1-11-2-7-17-15(8-11)18(19(27)21(28)25-14-5-6-14)20(24)26(17)10-12-3-4-13(22)9-16(12)23/h2-4,7-9,14H,5-6,10H2,1H3,(H,25,28). The van der Waals surface area contributed by atoms with Crippen LogP contribution in [0.1, 0.15) is 34.3 Å². The normalized spacial score (nSPS) is 13.7. The largest absolute Gasteiger partial charge is 0.346 e. The number of nitrogens with zero attached hydrogens (tertiary/aromatic N) is 1. The van der Waals surface area contributed by atoms with Crippen LogP contribution < -0.4 is 5.32 Å². The van der Waals surface area contributed by atoms with Gasteiger partial charge in [0.1, 0.15) is 5.15 Å². The minimum absolute atomic E-state index is 0.0955. The fourth-order valence-corrected chi connectivity index (χ4v) is 4.03. The minimum Gasteiger partial charge on any atom is -0.346 e. The van der Waals surface area contributed by atoms with Crippen LogP contribution in [-0.2, 0) is 11.3 Å². The molecule has 28 heavy (non-hydrogen) atoms. The summed E-state index contributed by atoms with van der Waals surface area (Å²) in [4.78, 5) is 25.2. The molecule has 0 unspecified atom stereocenters. The summed E-state index contributed by atoms with van der Waals surface area (Å²) in [7, 11) is 0. The van der Waals surface area contributed by atoms with E-state index in [4.69, 9.17) is 34.8 Å². The maximum absolute atomic E-state index is 12.9. The number of Topliss-reactive ketones (excluding diaryl/α,β-unsaturated/α-hetero) is 1. The van der Waals surface area contributed by atoms with Crippen LogP contribution in [0.3, 0.4) is 0 Å². The molecule has 1 heterocycles. The lowest BCUT2D eigenvalue weighted by molar-refractivity contribution is -0.117. The molecule has 0 radical (unpaired) electrons. The molecule has 2 aromatic carbocycles. The van der Waals surface area contributed by atoms with Gasteiger partial charge in [0.05, 0.1) is 17.6 Å². The summed E-state index contributed by atoms with van der Waals surface area (Å²) in [5, 5.41) is 4.68. The number of carbonyl (C=O) groups is 2. The van der Waals surface area contributed by atoms with Gasteiger partial charge in [0, 0.05) is 21.5 Å². The van der Waals surface area contributed by atoms with Crippen molar-refractivity contribution in [1.29, 1.82) is 0 Å². The molecule has 1 aliphatic carbocycles. The molecule has 4 rings (SSSR count). The highest BCUT2D eigenvalue weighted by Crippen LogP contribution is 2.33. The number of aromatic nitrogens is 1. The summed E-state index contributed by atoms with van der Waals surface area (Å²) in [5.74, 6) is -1.23. The topological polar surface area (TPSA) is 51.1 Å². The Kier molecular flexibility index (Phi) is 5.13. The van der Waals surface area contributed by atoms with E-state index in [2.05, 4.69) is 5.32 Å². The first-order valence-electron chi connectivity index (χ1n) is 8.92. The zero-order valence-electron chi connectivity index (χ0n) is 15.1. The van der Waals surface area contributed by atoms with Crippen LogP contribution in [0.5, 0.6) is 0 Å². The van der Waals surface area contributed by atoms with E-state index >= 15 is 0 Å². The predicted octanol–water partition coefficient (Wildman–Crippen LogP) is 5.42. The van der Waals surface area contributed by atoms with Crippen molar-refractivity contribution in [2.75, 3.05) is 0 Å². The Labute approximate surface area is 177 Å². The van der Waals surface area contributed by atoms with Crippen LogP contribution in [-0.4, -0.2) is 22.3 Å². The Morgan fingerprint density at radius 3 is 2.54 bits per heavy atom. The van der Waals surface area contributed by atoms with Crippen molar-refractivity contribution in [3.63, 3.8) is 0 Å². The van der Waals surface area contributed by atoms with Crippen LogP contribution in [0.25, 0.3) is 10.9 Å². The number of rotatable bonds is 5. The monoisotopic (exact) mass is 434 g/mol. The third-order valence-corrected chi connectivity index (χ3v) is 5.82. The molecule has 1 fully saturated rings. The molecule has 0 bridgehead atoms. The number of amides is 1. The van der Waals surface area contributed by atoms with Crippen molar-refractivity contribution in [3.8, 4) is 0 Å². The van der Waals surface area contributed by atoms with Crippen LogP contribution in [0.2, 0.25) is 15.2 Å². The van der Waals surface area contributed by atoms with Crippen molar-refractivity contribution < 1.29 is 9.59 Å². The summed E-state index contributed by atoms with van der Waals surface area (Å²) in [5.41, 5.74) is 2.78. The summed E-state index contributed by atoms with van der Waals surface area (Å²) in [6.45, 7) is 2.28. The molecule has 1 aliphatic rings. The number of hydrogen-bond donors (Lipinski definition) is 1. The molecule has 1 amide bonds. The SMILES string of the molecule is Cc1ccc2c(c1)c(C(=O)C(=O)NC1CC1)c(Cl)n2Cc1ccc(Cl)cc1Cl. The van der Waals surface area contributed by atoms with Crippen LogP contribution in [0.4, 0.5) is 0 Å². The first-order chi connectivity index (χ1) is 13.3. The molecule has 1 N–H and O–H groups in total. The zero-order valence-corrected chi connectivity index (χ0v) is 17.3. The Morgan fingerprint density at radius 1 is 1.11 bits per heavy atom. The number of fused-ring (bicyclic) bond motifs is 1. The summed E-state index contributed by atoms with van der Waals surface area (Å²) in [6.07, 6.45) is 1.81. The number of benzene rings is 2. The molecule has 3 aromatic rings. The number of carbonyl (C=O) groups excluding carboxylic acids is 2. The van der Waals surface area contributed by atoms with Crippen molar-refractivity contribution in [2.24, 2.45) is 0 Å². The average Bonchev–Trinajstić information content (AvgIpc) is 3.41. The van der Waals surface area contributed by atoms with Crippen molar-refractivity contribution >= 4 is 57.4 Å². The second kappa shape index (κ2) is 7.43. The third kappa shape index (κ3) is 3.64. The number of hydrogen-bond acceptors (Lipinski definition) is 2. The van der Waals surface area contributed by atoms with Gasteiger partial charge in [0.15, 0.2) is 0 Å². The van der Waals surface area contributed by atoms with E-state index in [9.17, 15) is 9.59 Å². The second-order valence-electron chi connectivity index (χ2n) is 7.09. The fraction of sp³-hybridized carbons (Fsp3) is 0.238. The van der Waals surface area contributed by atoms with Crippen LogP contribution in [0, 0.1) is 6.92 Å². The molecule has 0 aliphatic heterocycles. The summed E-state index contributed by atoms with van der Waals surface area (Å²) >= 11 is 18.9. The summed E-state index contributed by atoms with van der Waals surface area (Å²) < 4.78 is 1.79. The Bertz CT molecular complexity index is 1120. The smallest absolute Gasteiger partial charge is 0.292 e. The van der Waals surface area contributed by atoms with E-state index in [1.54, 1.807) is 16.7 Å². The van der Waals surface area contributed by atoms with E-state index in [1.165, 1.54) is 0 Å². The molecule has 1 aromatic heterocycles. The highest BCUT2D eigenvalue weighted by atomic mass is 35.5. The zero-order chi connectivity index (χ0) is 20.0. The maximum Gasteiger partial charge on any atom is 0.292 e. The van der Waals surface area contributed by atoms with E-state index in [1.807, 2.05) is 31.2 Å². The van der Waals surface area contributed by atoms with Crippen molar-refractivity contribution in [1.82, 2.24) is 9.88 Å². The van der Waals surface area contributed by atoms with Crippen molar-refractivity contribution in [3.05, 3.63) is 68.3 Å². The lowest BCUT2D eigenvalue weighted by Crippen LogP contribution is -2.32. The Morgan fingerprint density at radius 2 is 1.86 bits per heavy atom. The van der Waals surface area contributed by atoms with E-state index in [0.717, 1.165) is 29.5 Å². The van der Waals surface area contributed by atoms with E-state index in [0.29, 0.717) is 22.0 Å². The number of halogens is 3. The molecule has 4 nitrogen and oxygen atoms in total. The highest BCUT2D eigenvalue weighted by Gasteiger charge is 2.31. The maximum atomic E-state index is 12.9. The van der Waals surface area contributed by atoms with Gasteiger partial charge in [-0.25, -0.2) is 0 Å². The molecule has 0 atom stereocenters. The van der Waals surface area contributed by atoms with Crippen LogP contribution >= 0.6 is 34.8 Å². The Hall–Kier alpha value is -2.01. The molecule has 0 saturated heterocycles. The van der Waals surface area contributed by atoms with Gasteiger partial charge in [-0.15, -0.1) is 0 Å². The lowest BCUT2D eigenvalue weighted by atomic mass is 10.1. The third-order valence-electron chi connectivity index (χ3n) is 4.84. The molecule has 0 spiro atoms. The first kappa shape index (κ1) is 19.3. The molecule has 1 saturated carbocycles. The highest BCUT2D eigenvalue weighted by molar-refractivity contribution is 6.49. The molecular formula is C21H17Cl3N2O2. The average molecular weight is 436 g/mol. The second-order valence-corrected chi connectivity index (χ2v) is 8.29. The van der Waals surface area contributed by atoms with Gasteiger partial charge >= 0.3 is 0 Å². The number of nitrogens with one attached hydrogen (secondary N) is 1. The molecule has 7 heteroatoms. The predicted molar refractivity (Wildman–Crippen MR) is 113 cm³/mol. The first-order valence-corrected chi connectivity index (χ1v) is 10.1. The van der Waals surface area contributed by atoms with E-state index in [-0.39, 0.29) is 16.8 Å².